The summed E-state index contributed by atoms with van der Waals surface area (Å²) in [6.07, 6.45) is 8.69. The average Bonchev–Trinajstić information content (AvgIpc) is 2.77. The summed E-state index contributed by atoms with van der Waals surface area (Å²) in [4.78, 5) is 37.1. The molecule has 6 rings (SSSR count). The van der Waals surface area contributed by atoms with E-state index >= 15 is 0 Å². The van der Waals surface area contributed by atoms with Gasteiger partial charge in [0.05, 0.1) is 13.1 Å². The van der Waals surface area contributed by atoms with Crippen LogP contribution in [0.1, 0.15) is 49.7 Å². The van der Waals surface area contributed by atoms with E-state index in [1.807, 2.05) is 30.3 Å². The van der Waals surface area contributed by atoms with E-state index in [1.54, 1.807) is 22.9 Å². The number of pyridine rings is 1. The van der Waals surface area contributed by atoms with Gasteiger partial charge in [0.25, 0.3) is 5.56 Å². The Bertz CT molecular complexity index is 1020. The fourth-order valence-corrected chi connectivity index (χ4v) is 6.55. The summed E-state index contributed by atoms with van der Waals surface area (Å²) >= 11 is 0. The molecule has 1 aromatic carbocycles. The highest BCUT2D eigenvalue weighted by Crippen LogP contribution is 2.60. The first-order valence-corrected chi connectivity index (χ1v) is 11.8. The number of nitrogens with zero attached hydrogens (tertiary/aromatic N) is 1. The van der Waals surface area contributed by atoms with E-state index in [0.29, 0.717) is 30.8 Å². The molecule has 6 heteroatoms. The zero-order valence-corrected chi connectivity index (χ0v) is 18.4. The molecule has 4 bridgehead atoms. The van der Waals surface area contributed by atoms with Crippen LogP contribution in [0.3, 0.4) is 0 Å². The van der Waals surface area contributed by atoms with Gasteiger partial charge in [0.15, 0.2) is 0 Å². The minimum atomic E-state index is -0.217. The van der Waals surface area contributed by atoms with Crippen molar-refractivity contribution in [1.29, 1.82) is 0 Å². The minimum absolute atomic E-state index is 0.0283. The van der Waals surface area contributed by atoms with Crippen molar-refractivity contribution in [3.63, 3.8) is 0 Å². The lowest BCUT2D eigenvalue weighted by Gasteiger charge is -2.55. The fraction of sp³-hybridized carbons (Fsp3) is 0.500. The Hall–Kier alpha value is -2.89. The molecule has 0 saturated heterocycles. The maximum atomic E-state index is 13.0. The van der Waals surface area contributed by atoms with Crippen LogP contribution in [0.25, 0.3) is 0 Å². The Morgan fingerprint density at radius 2 is 1.50 bits per heavy atom. The van der Waals surface area contributed by atoms with Crippen molar-refractivity contribution in [1.82, 2.24) is 15.2 Å². The standard InChI is InChI=1S/C26H31N3O3/c30-23(16-28-25(32)26-12-20-9-21(13-26)11-22(10-20)14-26)27-15-18-4-6-19(7-5-18)17-29-8-2-1-3-24(29)31/h1-8,20-22H,9-17H2,(H,27,30)(H,28,32). The topological polar surface area (TPSA) is 80.2 Å². The van der Waals surface area contributed by atoms with Gasteiger partial charge >= 0.3 is 0 Å². The monoisotopic (exact) mass is 433 g/mol. The van der Waals surface area contributed by atoms with E-state index in [2.05, 4.69) is 10.6 Å². The third kappa shape index (κ3) is 4.36. The average molecular weight is 434 g/mol. The molecule has 2 amide bonds. The third-order valence-corrected chi connectivity index (χ3v) is 7.69. The van der Waals surface area contributed by atoms with Crippen molar-refractivity contribution in [2.45, 2.75) is 51.6 Å². The Kier molecular flexibility index (Phi) is 5.62. The molecule has 0 spiro atoms. The smallest absolute Gasteiger partial charge is 0.250 e. The van der Waals surface area contributed by atoms with Crippen molar-refractivity contribution in [2.24, 2.45) is 23.2 Å². The number of amides is 2. The molecule has 0 aliphatic heterocycles. The maximum Gasteiger partial charge on any atom is 0.250 e. The number of carbonyl (C=O) groups excluding carboxylic acids is 2. The Morgan fingerprint density at radius 1 is 0.875 bits per heavy atom. The fourth-order valence-electron chi connectivity index (χ4n) is 6.55. The highest BCUT2D eigenvalue weighted by atomic mass is 16.2. The maximum absolute atomic E-state index is 13.0. The lowest BCUT2D eigenvalue weighted by molar-refractivity contribution is -0.147. The second-order valence-corrected chi connectivity index (χ2v) is 10.1. The summed E-state index contributed by atoms with van der Waals surface area (Å²) < 4.78 is 1.66. The van der Waals surface area contributed by atoms with E-state index in [0.717, 1.165) is 30.4 Å². The summed E-state index contributed by atoms with van der Waals surface area (Å²) in [6, 6.07) is 13.0. The van der Waals surface area contributed by atoms with E-state index in [1.165, 1.54) is 19.3 Å². The predicted molar refractivity (Wildman–Crippen MR) is 122 cm³/mol. The van der Waals surface area contributed by atoms with E-state index in [4.69, 9.17) is 0 Å². The van der Waals surface area contributed by atoms with Crippen molar-refractivity contribution in [3.8, 4) is 0 Å². The van der Waals surface area contributed by atoms with Crippen LogP contribution < -0.4 is 16.2 Å². The van der Waals surface area contributed by atoms with Crippen LogP contribution in [0, 0.1) is 23.2 Å². The molecule has 4 saturated carbocycles. The van der Waals surface area contributed by atoms with Crippen molar-refractivity contribution < 1.29 is 9.59 Å². The molecule has 1 heterocycles. The van der Waals surface area contributed by atoms with Crippen LogP contribution in [0.5, 0.6) is 0 Å². The molecule has 6 nitrogen and oxygen atoms in total. The first kappa shape index (κ1) is 21.0. The molecule has 2 N–H and O–H groups in total. The first-order valence-electron chi connectivity index (χ1n) is 11.8. The number of hydrogen-bond acceptors (Lipinski definition) is 3. The molecule has 0 unspecified atom stereocenters. The van der Waals surface area contributed by atoms with Gasteiger partial charge in [-0.3, -0.25) is 14.4 Å². The molecular weight excluding hydrogens is 402 g/mol. The zero-order chi connectivity index (χ0) is 22.1. The Balaban J connectivity index is 1.09. The van der Waals surface area contributed by atoms with Gasteiger partial charge < -0.3 is 15.2 Å². The zero-order valence-electron chi connectivity index (χ0n) is 18.4. The van der Waals surface area contributed by atoms with Gasteiger partial charge in [0.1, 0.15) is 0 Å². The Labute approximate surface area is 188 Å². The third-order valence-electron chi connectivity index (χ3n) is 7.69. The first-order chi connectivity index (χ1) is 15.5. The molecule has 1 aromatic heterocycles. The van der Waals surface area contributed by atoms with Gasteiger partial charge in [-0.15, -0.1) is 0 Å². The normalized spacial score (nSPS) is 27.8. The van der Waals surface area contributed by atoms with Crippen molar-refractivity contribution in [3.05, 3.63) is 70.1 Å². The molecule has 168 valence electrons. The predicted octanol–water partition coefficient (Wildman–Crippen LogP) is 2.85. The van der Waals surface area contributed by atoms with Gasteiger partial charge in [-0.1, -0.05) is 30.3 Å². The van der Waals surface area contributed by atoms with Crippen molar-refractivity contribution in [2.75, 3.05) is 6.54 Å². The number of rotatable bonds is 7. The summed E-state index contributed by atoms with van der Waals surface area (Å²) in [5.41, 5.74) is 1.76. The summed E-state index contributed by atoms with van der Waals surface area (Å²) in [6.45, 7) is 0.968. The molecule has 0 radical (unpaired) electrons. The molecule has 4 aliphatic rings. The lowest BCUT2D eigenvalue weighted by atomic mass is 9.49. The van der Waals surface area contributed by atoms with Crippen LogP contribution in [0.2, 0.25) is 0 Å². The van der Waals surface area contributed by atoms with Crippen LogP contribution in [0.15, 0.2) is 53.5 Å². The molecule has 32 heavy (non-hydrogen) atoms. The van der Waals surface area contributed by atoms with Crippen LogP contribution >= 0.6 is 0 Å². The van der Waals surface area contributed by atoms with E-state index < -0.39 is 0 Å². The van der Waals surface area contributed by atoms with Crippen LogP contribution in [-0.4, -0.2) is 22.9 Å². The van der Waals surface area contributed by atoms with Crippen LogP contribution in [-0.2, 0) is 22.7 Å². The SMILES string of the molecule is O=C(CNC(=O)C12CC3CC(CC(C3)C1)C2)NCc1ccc(Cn2ccccc2=O)cc1. The van der Waals surface area contributed by atoms with E-state index in [-0.39, 0.29) is 29.3 Å². The van der Waals surface area contributed by atoms with Gasteiger partial charge in [-0.05, 0) is 73.5 Å². The molecule has 0 atom stereocenters. The number of nitrogens with one attached hydrogen (secondary N) is 2. The van der Waals surface area contributed by atoms with Gasteiger partial charge in [-0.2, -0.15) is 0 Å². The number of aromatic nitrogens is 1. The Morgan fingerprint density at radius 3 is 2.12 bits per heavy atom. The molecule has 4 aliphatic carbocycles. The highest BCUT2D eigenvalue weighted by Gasteiger charge is 2.54. The number of carbonyl (C=O) groups is 2. The summed E-state index contributed by atoms with van der Waals surface area (Å²) in [7, 11) is 0. The number of hydrogen-bond donors (Lipinski definition) is 2. The van der Waals surface area contributed by atoms with E-state index in [9.17, 15) is 14.4 Å². The quantitative estimate of drug-likeness (QED) is 0.705. The molecule has 2 aromatic rings. The summed E-state index contributed by atoms with van der Waals surface area (Å²) in [5, 5.41) is 5.83. The second-order valence-electron chi connectivity index (χ2n) is 10.1. The van der Waals surface area contributed by atoms with Gasteiger partial charge in [-0.25, -0.2) is 0 Å². The van der Waals surface area contributed by atoms with Crippen molar-refractivity contribution >= 4 is 11.8 Å². The summed E-state index contributed by atoms with van der Waals surface area (Å²) in [5.74, 6) is 2.06. The van der Waals surface area contributed by atoms with Gasteiger partial charge in [0.2, 0.25) is 11.8 Å². The second kappa shape index (κ2) is 8.57. The largest absolute Gasteiger partial charge is 0.350 e. The highest BCUT2D eigenvalue weighted by molar-refractivity contribution is 5.88. The molecular formula is C26H31N3O3. The lowest BCUT2D eigenvalue weighted by Crippen LogP contribution is -2.54. The number of benzene rings is 1. The minimum Gasteiger partial charge on any atom is -0.350 e. The van der Waals surface area contributed by atoms with Gasteiger partial charge in [0, 0.05) is 24.2 Å². The van der Waals surface area contributed by atoms with Crippen LogP contribution in [0.4, 0.5) is 0 Å². The molecule has 4 fully saturated rings.